The molecule has 1 aromatic carbocycles. The minimum Gasteiger partial charge on any atom is -0.373 e. The zero-order valence-corrected chi connectivity index (χ0v) is 18.4. The number of hydrogen-bond donors (Lipinski definition) is 2. The molecule has 0 radical (unpaired) electrons. The molecule has 0 atom stereocenters. The standard InChI is InChI=1S/C21H32F3N7/c1-29(2)12-7-13-30(3)16-9-8-15(21(22,23)24)14-17(16)31-19(26)27-18(25)28-20(31)10-5-4-6-11-20/h8-9,14H,4-7,10-13H2,1-3H3,(H4,25,26,27,28). The van der Waals surface area contributed by atoms with Crippen LogP contribution in [-0.4, -0.2) is 56.7 Å². The molecule has 1 aliphatic carbocycles. The molecule has 0 unspecified atom stereocenters. The molecule has 0 aromatic heterocycles. The van der Waals surface area contributed by atoms with Gasteiger partial charge in [-0.05, 0) is 70.9 Å². The van der Waals surface area contributed by atoms with E-state index in [0.717, 1.165) is 44.4 Å². The lowest BCUT2D eigenvalue weighted by Gasteiger charge is -2.46. The van der Waals surface area contributed by atoms with Crippen molar-refractivity contribution in [3.8, 4) is 0 Å². The maximum Gasteiger partial charge on any atom is 0.416 e. The molecule has 3 rings (SSSR count). The van der Waals surface area contributed by atoms with E-state index in [1.54, 1.807) is 4.90 Å². The van der Waals surface area contributed by atoms with Gasteiger partial charge in [-0.15, -0.1) is 0 Å². The van der Waals surface area contributed by atoms with Crippen LogP contribution in [0.15, 0.2) is 28.2 Å². The topological polar surface area (TPSA) is 86.5 Å². The molecule has 4 N–H and O–H groups in total. The van der Waals surface area contributed by atoms with Gasteiger partial charge in [-0.3, -0.25) is 4.90 Å². The van der Waals surface area contributed by atoms with Gasteiger partial charge < -0.3 is 21.3 Å². The fourth-order valence-electron chi connectivity index (χ4n) is 4.42. The second-order valence-electron chi connectivity index (χ2n) is 8.60. The van der Waals surface area contributed by atoms with E-state index in [0.29, 0.717) is 30.8 Å². The van der Waals surface area contributed by atoms with Crippen molar-refractivity contribution in [1.29, 1.82) is 0 Å². The van der Waals surface area contributed by atoms with Crippen LogP contribution in [0.2, 0.25) is 0 Å². The Morgan fingerprint density at radius 2 is 1.74 bits per heavy atom. The quantitative estimate of drug-likeness (QED) is 0.711. The minimum atomic E-state index is -4.47. The Labute approximate surface area is 181 Å². The number of alkyl halides is 3. The summed E-state index contributed by atoms with van der Waals surface area (Å²) in [5, 5.41) is 0. The van der Waals surface area contributed by atoms with Crippen molar-refractivity contribution >= 4 is 23.3 Å². The predicted molar refractivity (Wildman–Crippen MR) is 119 cm³/mol. The molecule has 10 heteroatoms. The Hall–Kier alpha value is -2.49. The van der Waals surface area contributed by atoms with Gasteiger partial charge in [0.05, 0.1) is 16.9 Å². The van der Waals surface area contributed by atoms with Gasteiger partial charge in [-0.1, -0.05) is 6.42 Å². The molecule has 1 saturated carbocycles. The van der Waals surface area contributed by atoms with Gasteiger partial charge in [-0.2, -0.15) is 18.2 Å². The van der Waals surface area contributed by atoms with Gasteiger partial charge >= 0.3 is 6.18 Å². The Balaban J connectivity index is 2.08. The van der Waals surface area contributed by atoms with Crippen molar-refractivity contribution in [2.75, 3.05) is 44.0 Å². The molecule has 1 spiro atoms. The maximum absolute atomic E-state index is 13.6. The summed E-state index contributed by atoms with van der Waals surface area (Å²) in [4.78, 5) is 14.4. The van der Waals surface area contributed by atoms with Crippen molar-refractivity contribution in [3.05, 3.63) is 23.8 Å². The number of anilines is 2. The van der Waals surface area contributed by atoms with Crippen molar-refractivity contribution in [2.45, 2.75) is 50.4 Å². The first kappa shape index (κ1) is 23.2. The van der Waals surface area contributed by atoms with Crippen LogP contribution in [0.4, 0.5) is 24.5 Å². The summed E-state index contributed by atoms with van der Waals surface area (Å²) in [6, 6.07) is 3.79. The largest absolute Gasteiger partial charge is 0.416 e. The SMILES string of the molecule is CN(C)CCCN(C)c1ccc(C(F)(F)F)cc1N1C(N)=NC(N)=NC12CCCCC2. The lowest BCUT2D eigenvalue weighted by molar-refractivity contribution is -0.137. The fraction of sp³-hybridized carbons (Fsp3) is 0.619. The maximum atomic E-state index is 13.6. The van der Waals surface area contributed by atoms with Gasteiger partial charge in [0, 0.05) is 13.6 Å². The van der Waals surface area contributed by atoms with E-state index in [1.807, 2.05) is 26.0 Å². The van der Waals surface area contributed by atoms with Crippen LogP contribution < -0.4 is 21.3 Å². The second-order valence-corrected chi connectivity index (χ2v) is 8.60. The normalized spacial score (nSPS) is 18.9. The van der Waals surface area contributed by atoms with Crippen molar-refractivity contribution in [1.82, 2.24) is 4.90 Å². The fourth-order valence-corrected chi connectivity index (χ4v) is 4.42. The summed E-state index contributed by atoms with van der Waals surface area (Å²) in [7, 11) is 5.86. The van der Waals surface area contributed by atoms with Crippen LogP contribution in [-0.2, 0) is 6.18 Å². The Morgan fingerprint density at radius 3 is 2.35 bits per heavy atom. The highest BCUT2D eigenvalue weighted by Crippen LogP contribution is 2.44. The van der Waals surface area contributed by atoms with Gasteiger partial charge in [0.15, 0.2) is 0 Å². The third-order valence-electron chi connectivity index (χ3n) is 5.91. The number of benzene rings is 1. The molecule has 1 heterocycles. The first-order valence-electron chi connectivity index (χ1n) is 10.6. The van der Waals surface area contributed by atoms with Crippen LogP contribution in [0, 0.1) is 0 Å². The molecular formula is C21H32F3N7. The van der Waals surface area contributed by atoms with Gasteiger partial charge in [0.1, 0.15) is 5.66 Å². The summed E-state index contributed by atoms with van der Waals surface area (Å²) < 4.78 is 40.8. The first-order valence-corrected chi connectivity index (χ1v) is 10.6. The van der Waals surface area contributed by atoms with E-state index in [1.165, 1.54) is 6.07 Å². The average Bonchev–Trinajstić information content (AvgIpc) is 2.66. The molecule has 2 aliphatic rings. The van der Waals surface area contributed by atoms with E-state index in [2.05, 4.69) is 14.9 Å². The van der Waals surface area contributed by atoms with Crippen LogP contribution in [0.5, 0.6) is 0 Å². The molecule has 1 aliphatic heterocycles. The van der Waals surface area contributed by atoms with Crippen LogP contribution in [0.3, 0.4) is 0 Å². The zero-order chi connectivity index (χ0) is 22.8. The van der Waals surface area contributed by atoms with Crippen molar-refractivity contribution in [2.24, 2.45) is 21.5 Å². The minimum absolute atomic E-state index is 0.0727. The van der Waals surface area contributed by atoms with E-state index < -0.39 is 17.4 Å². The molecular weight excluding hydrogens is 407 g/mol. The number of rotatable bonds is 6. The van der Waals surface area contributed by atoms with Crippen LogP contribution in [0.25, 0.3) is 0 Å². The van der Waals surface area contributed by atoms with Gasteiger partial charge in [0.2, 0.25) is 11.9 Å². The lowest BCUT2D eigenvalue weighted by atomic mass is 9.87. The number of aliphatic imine (C=N–C) groups is 2. The number of halogens is 3. The van der Waals surface area contributed by atoms with E-state index in [4.69, 9.17) is 11.5 Å². The van der Waals surface area contributed by atoms with Crippen LogP contribution >= 0.6 is 0 Å². The summed E-state index contributed by atoms with van der Waals surface area (Å²) >= 11 is 0. The summed E-state index contributed by atoms with van der Waals surface area (Å²) in [5.74, 6) is 0.153. The third-order valence-corrected chi connectivity index (χ3v) is 5.91. The zero-order valence-electron chi connectivity index (χ0n) is 18.4. The molecule has 0 bridgehead atoms. The second kappa shape index (κ2) is 8.94. The number of guanidine groups is 2. The molecule has 1 aromatic rings. The average molecular weight is 440 g/mol. The molecule has 7 nitrogen and oxygen atoms in total. The molecule has 31 heavy (non-hydrogen) atoms. The molecule has 0 amide bonds. The third kappa shape index (κ3) is 5.06. The lowest BCUT2D eigenvalue weighted by Crippen LogP contribution is -2.58. The highest BCUT2D eigenvalue weighted by Gasteiger charge is 2.44. The van der Waals surface area contributed by atoms with Gasteiger partial charge in [-0.25, -0.2) is 4.99 Å². The van der Waals surface area contributed by atoms with E-state index in [-0.39, 0.29) is 11.9 Å². The van der Waals surface area contributed by atoms with Gasteiger partial charge in [0.25, 0.3) is 0 Å². The summed E-state index contributed by atoms with van der Waals surface area (Å²) in [5.41, 5.74) is 11.7. The summed E-state index contributed by atoms with van der Waals surface area (Å²) in [6.45, 7) is 1.55. The molecule has 0 saturated heterocycles. The Morgan fingerprint density at radius 1 is 1.06 bits per heavy atom. The van der Waals surface area contributed by atoms with E-state index in [9.17, 15) is 13.2 Å². The highest BCUT2D eigenvalue weighted by atomic mass is 19.4. The predicted octanol–water partition coefficient (Wildman–Crippen LogP) is 3.20. The van der Waals surface area contributed by atoms with Crippen molar-refractivity contribution < 1.29 is 13.2 Å². The first-order chi connectivity index (χ1) is 14.5. The Bertz CT molecular complexity index is 842. The van der Waals surface area contributed by atoms with Crippen LogP contribution in [0.1, 0.15) is 44.1 Å². The summed E-state index contributed by atoms with van der Waals surface area (Å²) in [6.07, 6.45) is 0.543. The smallest absolute Gasteiger partial charge is 0.373 e. The monoisotopic (exact) mass is 439 g/mol. The number of nitrogens with zero attached hydrogens (tertiary/aromatic N) is 5. The number of nitrogens with two attached hydrogens (primary N) is 2. The van der Waals surface area contributed by atoms with Crippen molar-refractivity contribution in [3.63, 3.8) is 0 Å². The number of hydrogen-bond acceptors (Lipinski definition) is 7. The Kier molecular flexibility index (Phi) is 6.68. The van der Waals surface area contributed by atoms with E-state index >= 15 is 0 Å². The molecule has 1 fully saturated rings. The molecule has 172 valence electrons. The highest BCUT2D eigenvalue weighted by molar-refractivity contribution is 6.07.